The number of aliphatic hydroxyl groups is 2. The predicted molar refractivity (Wildman–Crippen MR) is 54.4 cm³/mol. The number of anilines is 1. The predicted octanol–water partition coefficient (Wildman–Crippen LogP) is 0.374. The lowest BCUT2D eigenvalue weighted by atomic mass is 10.0. The molecule has 2 rings (SSSR count). The highest BCUT2D eigenvalue weighted by molar-refractivity contribution is 5.31. The lowest BCUT2D eigenvalue weighted by Gasteiger charge is -2.23. The number of hydrogen-bond donors (Lipinski definition) is 2. The second-order valence-electron chi connectivity index (χ2n) is 3.99. The molecule has 1 aromatic rings. The van der Waals surface area contributed by atoms with Gasteiger partial charge in [0.1, 0.15) is 12.0 Å². The van der Waals surface area contributed by atoms with E-state index in [9.17, 15) is 5.11 Å². The van der Waals surface area contributed by atoms with Gasteiger partial charge in [-0.25, -0.2) is 0 Å². The van der Waals surface area contributed by atoms with Crippen LogP contribution in [-0.2, 0) is 6.61 Å². The van der Waals surface area contributed by atoms with Crippen LogP contribution in [0.15, 0.2) is 10.7 Å². The average molecular weight is 212 g/mol. The summed E-state index contributed by atoms with van der Waals surface area (Å²) in [6.45, 7) is 2.95. The molecule has 2 atom stereocenters. The normalized spacial score (nSPS) is 26.2. The summed E-state index contributed by atoms with van der Waals surface area (Å²) in [5, 5.41) is 18.2. The molecule has 0 spiro atoms. The molecule has 0 aromatic carbocycles. The van der Waals surface area contributed by atoms with Crippen LogP contribution in [0.3, 0.4) is 0 Å². The lowest BCUT2D eigenvalue weighted by molar-refractivity contribution is 0.241. The van der Waals surface area contributed by atoms with Gasteiger partial charge in [-0.2, -0.15) is 4.98 Å². The molecule has 1 fully saturated rings. The highest BCUT2D eigenvalue weighted by Gasteiger charge is 2.33. The molecular formula is C10H16N2O3. The van der Waals surface area contributed by atoms with Gasteiger partial charge in [-0.1, -0.05) is 6.92 Å². The Morgan fingerprint density at radius 1 is 1.60 bits per heavy atom. The Hall–Kier alpha value is -1.07. The van der Waals surface area contributed by atoms with Gasteiger partial charge < -0.3 is 19.5 Å². The van der Waals surface area contributed by atoms with Gasteiger partial charge in [-0.15, -0.1) is 0 Å². The number of oxazole rings is 1. The molecule has 2 heterocycles. The van der Waals surface area contributed by atoms with Crippen molar-refractivity contribution in [1.29, 1.82) is 0 Å². The van der Waals surface area contributed by atoms with Gasteiger partial charge in [0.2, 0.25) is 0 Å². The van der Waals surface area contributed by atoms with E-state index in [0.717, 1.165) is 13.0 Å². The van der Waals surface area contributed by atoms with Crippen molar-refractivity contribution >= 4 is 6.01 Å². The van der Waals surface area contributed by atoms with E-state index in [1.807, 2.05) is 4.90 Å². The molecule has 2 N–H and O–H groups in total. The highest BCUT2D eigenvalue weighted by Crippen LogP contribution is 2.28. The van der Waals surface area contributed by atoms with Gasteiger partial charge in [0, 0.05) is 6.54 Å². The van der Waals surface area contributed by atoms with E-state index >= 15 is 0 Å². The maximum atomic E-state index is 9.27. The minimum absolute atomic E-state index is 0.0789. The zero-order valence-corrected chi connectivity index (χ0v) is 8.76. The Bertz CT molecular complexity index is 326. The standard InChI is InChI=1S/C10H16N2O3/c1-7-2-3-12(9(7)5-14)10-11-8(4-13)6-15-10/h6-7,9,13-14H,2-5H2,1H3. The summed E-state index contributed by atoms with van der Waals surface area (Å²) in [6.07, 6.45) is 2.48. The van der Waals surface area contributed by atoms with Crippen LogP contribution >= 0.6 is 0 Å². The van der Waals surface area contributed by atoms with Crippen LogP contribution in [0.25, 0.3) is 0 Å². The SMILES string of the molecule is CC1CCN(c2nc(CO)co2)C1CO. The van der Waals surface area contributed by atoms with Gasteiger partial charge in [0.15, 0.2) is 0 Å². The van der Waals surface area contributed by atoms with Crippen molar-refractivity contribution in [3.63, 3.8) is 0 Å². The van der Waals surface area contributed by atoms with Crippen LogP contribution in [0.4, 0.5) is 6.01 Å². The first-order valence-corrected chi connectivity index (χ1v) is 5.19. The summed E-state index contributed by atoms with van der Waals surface area (Å²) in [5.74, 6) is 0.444. The van der Waals surface area contributed by atoms with Crippen molar-refractivity contribution in [1.82, 2.24) is 4.98 Å². The minimum atomic E-state index is -0.114. The third kappa shape index (κ3) is 1.85. The van der Waals surface area contributed by atoms with Crippen LogP contribution in [0.1, 0.15) is 19.0 Å². The summed E-state index contributed by atoms with van der Waals surface area (Å²) in [7, 11) is 0. The van der Waals surface area contributed by atoms with Crippen molar-refractivity contribution in [2.24, 2.45) is 5.92 Å². The number of nitrogens with zero attached hydrogens (tertiary/aromatic N) is 2. The van der Waals surface area contributed by atoms with Crippen LogP contribution in [-0.4, -0.2) is 34.4 Å². The van der Waals surface area contributed by atoms with Gasteiger partial charge in [0.25, 0.3) is 6.01 Å². The van der Waals surface area contributed by atoms with E-state index in [0.29, 0.717) is 17.6 Å². The third-order valence-electron chi connectivity index (χ3n) is 3.02. The Kier molecular flexibility index (Phi) is 2.93. The Balaban J connectivity index is 2.16. The molecule has 1 aliphatic rings. The molecule has 0 saturated carbocycles. The van der Waals surface area contributed by atoms with Gasteiger partial charge in [0.05, 0.1) is 19.3 Å². The number of hydrogen-bond acceptors (Lipinski definition) is 5. The van der Waals surface area contributed by atoms with Crippen LogP contribution in [0.2, 0.25) is 0 Å². The number of aliphatic hydroxyl groups excluding tert-OH is 2. The third-order valence-corrected chi connectivity index (χ3v) is 3.02. The van der Waals surface area contributed by atoms with Crippen LogP contribution < -0.4 is 4.90 Å². The molecule has 0 amide bonds. The molecule has 0 aliphatic carbocycles. The maximum Gasteiger partial charge on any atom is 0.297 e. The monoisotopic (exact) mass is 212 g/mol. The van der Waals surface area contributed by atoms with Gasteiger partial charge in [-0.3, -0.25) is 0 Å². The van der Waals surface area contributed by atoms with Crippen molar-refractivity contribution < 1.29 is 14.6 Å². The molecule has 5 nitrogen and oxygen atoms in total. The van der Waals surface area contributed by atoms with Crippen LogP contribution in [0.5, 0.6) is 0 Å². The topological polar surface area (TPSA) is 69.7 Å². The molecular weight excluding hydrogens is 196 g/mol. The van der Waals surface area contributed by atoms with E-state index in [2.05, 4.69) is 11.9 Å². The number of rotatable bonds is 3. The van der Waals surface area contributed by atoms with E-state index in [-0.39, 0.29) is 19.3 Å². The fraction of sp³-hybridized carbons (Fsp3) is 0.700. The molecule has 1 aliphatic heterocycles. The second kappa shape index (κ2) is 4.20. The molecule has 0 bridgehead atoms. The minimum Gasteiger partial charge on any atom is -0.432 e. The number of aromatic nitrogens is 1. The van der Waals surface area contributed by atoms with E-state index in [4.69, 9.17) is 9.52 Å². The Labute approximate surface area is 88.3 Å². The van der Waals surface area contributed by atoms with E-state index < -0.39 is 0 Å². The molecule has 2 unspecified atom stereocenters. The molecule has 84 valence electrons. The van der Waals surface area contributed by atoms with Gasteiger partial charge in [-0.05, 0) is 12.3 Å². The first-order valence-electron chi connectivity index (χ1n) is 5.19. The quantitative estimate of drug-likeness (QED) is 0.757. The van der Waals surface area contributed by atoms with Crippen molar-refractivity contribution in [2.75, 3.05) is 18.1 Å². The zero-order chi connectivity index (χ0) is 10.8. The lowest BCUT2D eigenvalue weighted by Crippen LogP contribution is -2.35. The average Bonchev–Trinajstić information content (AvgIpc) is 2.83. The fourth-order valence-electron chi connectivity index (χ4n) is 2.02. The van der Waals surface area contributed by atoms with Crippen LogP contribution in [0, 0.1) is 5.92 Å². The zero-order valence-electron chi connectivity index (χ0n) is 8.76. The van der Waals surface area contributed by atoms with Crippen molar-refractivity contribution in [3.8, 4) is 0 Å². The first-order chi connectivity index (χ1) is 7.26. The first kappa shape index (κ1) is 10.4. The largest absolute Gasteiger partial charge is 0.432 e. The Morgan fingerprint density at radius 2 is 2.40 bits per heavy atom. The summed E-state index contributed by atoms with van der Waals surface area (Å²) >= 11 is 0. The molecule has 5 heteroatoms. The van der Waals surface area contributed by atoms with E-state index in [1.54, 1.807) is 0 Å². The highest BCUT2D eigenvalue weighted by atomic mass is 16.4. The summed E-state index contributed by atoms with van der Waals surface area (Å²) in [4.78, 5) is 6.10. The molecule has 1 aromatic heterocycles. The van der Waals surface area contributed by atoms with Crippen molar-refractivity contribution in [3.05, 3.63) is 12.0 Å². The maximum absolute atomic E-state index is 9.27. The smallest absolute Gasteiger partial charge is 0.297 e. The Morgan fingerprint density at radius 3 is 3.00 bits per heavy atom. The van der Waals surface area contributed by atoms with E-state index in [1.165, 1.54) is 6.26 Å². The van der Waals surface area contributed by atoms with Crippen molar-refractivity contribution in [2.45, 2.75) is 26.0 Å². The summed E-state index contributed by atoms with van der Waals surface area (Å²) in [5.41, 5.74) is 0.529. The second-order valence-corrected chi connectivity index (χ2v) is 3.99. The molecule has 15 heavy (non-hydrogen) atoms. The summed E-state index contributed by atoms with van der Waals surface area (Å²) < 4.78 is 5.26. The molecule has 1 saturated heterocycles. The fourth-order valence-corrected chi connectivity index (χ4v) is 2.02. The summed E-state index contributed by atoms with van der Waals surface area (Å²) in [6, 6.07) is 0.581. The molecule has 0 radical (unpaired) electrons. The van der Waals surface area contributed by atoms with Gasteiger partial charge >= 0.3 is 0 Å².